The zero-order valence-corrected chi connectivity index (χ0v) is 15.0. The van der Waals surface area contributed by atoms with Gasteiger partial charge in [0.05, 0.1) is 18.2 Å². The minimum atomic E-state index is -5.08. The van der Waals surface area contributed by atoms with Crippen LogP contribution in [0.5, 0.6) is 0 Å². The average molecular weight is 398 g/mol. The van der Waals surface area contributed by atoms with Crippen LogP contribution in [0, 0.1) is 12.3 Å². The first-order chi connectivity index (χ1) is 13.2. The SMILES string of the molecule is C#CCO[C@@H]1Cc2ccccc2[C@@H]1NC(=O)[C@@H]1CCCN1.O=C(O)C(F)(F)F. The second kappa shape index (κ2) is 9.57. The molecule has 1 aliphatic carbocycles. The molecule has 0 unspecified atom stereocenters. The van der Waals surface area contributed by atoms with Crippen LogP contribution in [0.15, 0.2) is 24.3 Å². The Hall–Kier alpha value is -2.57. The molecule has 1 aromatic carbocycles. The third-order valence-corrected chi connectivity index (χ3v) is 4.48. The van der Waals surface area contributed by atoms with Gasteiger partial charge in [-0.15, -0.1) is 6.42 Å². The van der Waals surface area contributed by atoms with E-state index < -0.39 is 12.1 Å². The van der Waals surface area contributed by atoms with Gasteiger partial charge in [0, 0.05) is 6.42 Å². The lowest BCUT2D eigenvalue weighted by molar-refractivity contribution is -0.192. The molecule has 0 radical (unpaired) electrons. The highest BCUT2D eigenvalue weighted by Crippen LogP contribution is 2.33. The Bertz CT molecular complexity index is 739. The van der Waals surface area contributed by atoms with Gasteiger partial charge in [-0.3, -0.25) is 4.79 Å². The first kappa shape index (κ1) is 21.7. The maximum Gasteiger partial charge on any atom is 0.490 e. The van der Waals surface area contributed by atoms with Crippen LogP contribution < -0.4 is 10.6 Å². The predicted octanol–water partition coefficient (Wildman–Crippen LogP) is 1.80. The Morgan fingerprint density at radius 2 is 2.04 bits per heavy atom. The average Bonchev–Trinajstić information content (AvgIpc) is 3.28. The number of carboxylic acids is 1. The highest BCUT2D eigenvalue weighted by Gasteiger charge is 2.38. The van der Waals surface area contributed by atoms with Gasteiger partial charge in [0.15, 0.2) is 0 Å². The number of hydrogen-bond acceptors (Lipinski definition) is 4. The number of nitrogens with one attached hydrogen (secondary N) is 2. The maximum absolute atomic E-state index is 12.4. The molecular formula is C19H21F3N2O4. The Kier molecular flexibility index (Phi) is 7.43. The predicted molar refractivity (Wildman–Crippen MR) is 94.3 cm³/mol. The Morgan fingerprint density at radius 3 is 2.61 bits per heavy atom. The van der Waals surface area contributed by atoms with E-state index in [1.807, 2.05) is 12.1 Å². The number of halogens is 3. The molecule has 6 nitrogen and oxygen atoms in total. The summed E-state index contributed by atoms with van der Waals surface area (Å²) in [5.41, 5.74) is 2.37. The summed E-state index contributed by atoms with van der Waals surface area (Å²) >= 11 is 0. The normalized spacial score (nSPS) is 23.1. The molecule has 0 bridgehead atoms. The number of benzene rings is 1. The fraction of sp³-hybridized carbons (Fsp3) is 0.474. The van der Waals surface area contributed by atoms with Crippen molar-refractivity contribution in [2.75, 3.05) is 13.2 Å². The Balaban J connectivity index is 0.000000345. The van der Waals surface area contributed by atoms with Gasteiger partial charge >= 0.3 is 12.1 Å². The van der Waals surface area contributed by atoms with E-state index in [1.165, 1.54) is 5.56 Å². The molecular weight excluding hydrogens is 377 g/mol. The standard InChI is InChI=1S/C17H20N2O2.C2HF3O2/c1-2-10-21-15-11-12-6-3-4-7-13(12)16(15)19-17(20)14-8-5-9-18-14;3-2(4,5)1(6)7/h1,3-4,6-7,14-16,18H,5,8-11H2,(H,19,20);(H,6,7)/t14-,15+,16-;/m0./s1. The molecule has 28 heavy (non-hydrogen) atoms. The van der Waals surface area contributed by atoms with Crippen molar-refractivity contribution in [3.05, 3.63) is 35.4 Å². The molecule has 3 rings (SSSR count). The molecule has 1 heterocycles. The Morgan fingerprint density at radius 1 is 1.36 bits per heavy atom. The summed E-state index contributed by atoms with van der Waals surface area (Å²) in [5.74, 6) is -0.195. The molecule has 1 aliphatic heterocycles. The fourth-order valence-corrected chi connectivity index (χ4v) is 3.20. The summed E-state index contributed by atoms with van der Waals surface area (Å²) in [7, 11) is 0. The monoisotopic (exact) mass is 398 g/mol. The van der Waals surface area contributed by atoms with Gasteiger partial charge in [-0.25, -0.2) is 4.79 Å². The summed E-state index contributed by atoms with van der Waals surface area (Å²) in [4.78, 5) is 21.3. The number of rotatable bonds is 4. The van der Waals surface area contributed by atoms with Crippen LogP contribution in [0.3, 0.4) is 0 Å². The highest BCUT2D eigenvalue weighted by atomic mass is 19.4. The second-order valence-corrected chi connectivity index (χ2v) is 6.39. The maximum atomic E-state index is 12.4. The summed E-state index contributed by atoms with van der Waals surface area (Å²) < 4.78 is 37.5. The lowest BCUT2D eigenvalue weighted by atomic mass is 10.1. The van der Waals surface area contributed by atoms with Crippen LogP contribution in [-0.4, -0.2) is 48.5 Å². The van der Waals surface area contributed by atoms with Crippen molar-refractivity contribution in [1.82, 2.24) is 10.6 Å². The van der Waals surface area contributed by atoms with E-state index in [9.17, 15) is 18.0 Å². The molecule has 0 spiro atoms. The highest BCUT2D eigenvalue weighted by molar-refractivity contribution is 5.82. The quantitative estimate of drug-likeness (QED) is 0.674. The lowest BCUT2D eigenvalue weighted by Crippen LogP contribution is -2.44. The van der Waals surface area contributed by atoms with Gasteiger partial charge < -0.3 is 20.5 Å². The lowest BCUT2D eigenvalue weighted by Gasteiger charge is -2.23. The van der Waals surface area contributed by atoms with Gasteiger partial charge in [0.1, 0.15) is 6.61 Å². The number of carbonyl (C=O) groups excluding carboxylic acids is 1. The van der Waals surface area contributed by atoms with E-state index >= 15 is 0 Å². The number of terminal acetylenes is 1. The number of carboxylic acid groups (broad SMARTS) is 1. The minimum absolute atomic E-state index is 0.0588. The number of alkyl halides is 3. The van der Waals surface area contributed by atoms with E-state index in [2.05, 4.69) is 28.7 Å². The van der Waals surface area contributed by atoms with Crippen LogP contribution in [0.1, 0.15) is 30.0 Å². The minimum Gasteiger partial charge on any atom is -0.475 e. The molecule has 1 amide bonds. The molecule has 3 atom stereocenters. The van der Waals surface area contributed by atoms with Gasteiger partial charge in [-0.2, -0.15) is 13.2 Å². The molecule has 3 N–H and O–H groups in total. The molecule has 0 aromatic heterocycles. The van der Waals surface area contributed by atoms with E-state index in [0.29, 0.717) is 0 Å². The molecule has 2 aliphatic rings. The third-order valence-electron chi connectivity index (χ3n) is 4.48. The fourth-order valence-electron chi connectivity index (χ4n) is 3.20. The summed E-state index contributed by atoms with van der Waals surface area (Å²) in [6.07, 6.45) is 2.87. The van der Waals surface area contributed by atoms with Gasteiger partial charge in [-0.05, 0) is 30.5 Å². The van der Waals surface area contributed by atoms with Crippen molar-refractivity contribution in [1.29, 1.82) is 0 Å². The second-order valence-electron chi connectivity index (χ2n) is 6.39. The molecule has 0 saturated carbocycles. The summed E-state index contributed by atoms with van der Waals surface area (Å²) in [6.45, 7) is 1.18. The molecule has 9 heteroatoms. The van der Waals surface area contributed by atoms with E-state index in [-0.39, 0.29) is 30.7 Å². The van der Waals surface area contributed by atoms with Crippen molar-refractivity contribution in [3.63, 3.8) is 0 Å². The van der Waals surface area contributed by atoms with Crippen molar-refractivity contribution < 1.29 is 32.6 Å². The van der Waals surface area contributed by atoms with Crippen molar-refractivity contribution in [3.8, 4) is 12.3 Å². The summed E-state index contributed by atoms with van der Waals surface area (Å²) in [5, 5.41) is 13.5. The first-order valence-electron chi connectivity index (χ1n) is 8.70. The van der Waals surface area contributed by atoms with Gasteiger partial charge in [-0.1, -0.05) is 30.2 Å². The molecule has 152 valence electrons. The summed E-state index contributed by atoms with van der Waals surface area (Å²) in [6, 6.07) is 7.97. The van der Waals surface area contributed by atoms with Crippen LogP contribution in [-0.2, 0) is 20.7 Å². The third kappa shape index (κ3) is 5.71. The van der Waals surface area contributed by atoms with Gasteiger partial charge in [0.25, 0.3) is 0 Å². The topological polar surface area (TPSA) is 87.7 Å². The number of hydrogen-bond donors (Lipinski definition) is 3. The molecule has 1 saturated heterocycles. The van der Waals surface area contributed by atoms with Crippen LogP contribution in [0.4, 0.5) is 13.2 Å². The molecule has 1 fully saturated rings. The van der Waals surface area contributed by atoms with Crippen molar-refractivity contribution in [2.45, 2.75) is 43.6 Å². The van der Waals surface area contributed by atoms with E-state index in [4.69, 9.17) is 21.1 Å². The number of fused-ring (bicyclic) bond motifs is 1. The number of ether oxygens (including phenoxy) is 1. The zero-order valence-electron chi connectivity index (χ0n) is 15.0. The zero-order chi connectivity index (χ0) is 20.7. The van der Waals surface area contributed by atoms with Crippen LogP contribution >= 0.6 is 0 Å². The van der Waals surface area contributed by atoms with E-state index in [1.54, 1.807) is 0 Å². The van der Waals surface area contributed by atoms with Crippen molar-refractivity contribution in [2.24, 2.45) is 0 Å². The van der Waals surface area contributed by atoms with E-state index in [0.717, 1.165) is 31.4 Å². The number of amides is 1. The Labute approximate surface area is 160 Å². The van der Waals surface area contributed by atoms with Crippen LogP contribution in [0.2, 0.25) is 0 Å². The smallest absolute Gasteiger partial charge is 0.475 e. The van der Waals surface area contributed by atoms with Crippen molar-refractivity contribution >= 4 is 11.9 Å². The number of carbonyl (C=O) groups is 2. The number of aliphatic carboxylic acids is 1. The molecule has 1 aromatic rings. The van der Waals surface area contributed by atoms with Crippen LogP contribution in [0.25, 0.3) is 0 Å². The van der Waals surface area contributed by atoms with Gasteiger partial charge in [0.2, 0.25) is 5.91 Å². The largest absolute Gasteiger partial charge is 0.490 e. The first-order valence-corrected chi connectivity index (χ1v) is 8.70.